The second kappa shape index (κ2) is 7.00. The molecule has 0 radical (unpaired) electrons. The van der Waals surface area contributed by atoms with E-state index in [2.05, 4.69) is 20.4 Å². The Hall–Kier alpha value is -2.41. The Balaban J connectivity index is 1.79. The van der Waals surface area contributed by atoms with Gasteiger partial charge in [-0.05, 0) is 32.9 Å². The molecule has 0 aromatic carbocycles. The van der Waals surface area contributed by atoms with Crippen molar-refractivity contribution in [3.05, 3.63) is 35.3 Å². The van der Waals surface area contributed by atoms with E-state index in [1.54, 1.807) is 6.20 Å². The number of amides is 1. The fourth-order valence-electron chi connectivity index (χ4n) is 3.00. The molecule has 1 atom stereocenters. The van der Waals surface area contributed by atoms with Gasteiger partial charge in [-0.25, -0.2) is 4.98 Å². The van der Waals surface area contributed by atoms with Gasteiger partial charge in [-0.2, -0.15) is 0 Å². The molecule has 1 aliphatic rings. The summed E-state index contributed by atoms with van der Waals surface area (Å²) in [6.07, 6.45) is 1.73. The lowest BCUT2D eigenvalue weighted by Gasteiger charge is -2.29. The fraction of sp³-hybridized carbons (Fsp3) is 0.471. The van der Waals surface area contributed by atoms with Gasteiger partial charge in [0.05, 0.1) is 30.5 Å². The van der Waals surface area contributed by atoms with Crippen molar-refractivity contribution in [1.29, 1.82) is 0 Å². The zero-order chi connectivity index (χ0) is 17.1. The molecular formula is C17H22N4O3. The van der Waals surface area contributed by atoms with Crippen molar-refractivity contribution in [3.8, 4) is 0 Å². The third kappa shape index (κ3) is 3.26. The van der Waals surface area contributed by atoms with Crippen LogP contribution in [0.3, 0.4) is 0 Å². The number of hydrogen-bond donors (Lipinski definition) is 1. The van der Waals surface area contributed by atoms with Crippen LogP contribution in [0, 0.1) is 13.8 Å². The first-order valence-corrected chi connectivity index (χ1v) is 8.09. The zero-order valence-electron chi connectivity index (χ0n) is 14.2. The molecule has 128 valence electrons. The van der Waals surface area contributed by atoms with E-state index in [4.69, 9.17) is 9.26 Å². The minimum absolute atomic E-state index is 0.105. The monoisotopic (exact) mass is 330 g/mol. The van der Waals surface area contributed by atoms with Crippen molar-refractivity contribution >= 4 is 17.4 Å². The number of anilines is 2. The Kier molecular flexibility index (Phi) is 4.80. The summed E-state index contributed by atoms with van der Waals surface area (Å²) in [5.41, 5.74) is 2.29. The summed E-state index contributed by atoms with van der Waals surface area (Å²) in [6.45, 7) is 8.38. The molecule has 0 spiro atoms. The number of morpholine rings is 1. The Labute approximate surface area is 141 Å². The maximum absolute atomic E-state index is 12.7. The number of carbonyl (C=O) groups excluding carboxylic acids is 1. The highest BCUT2D eigenvalue weighted by Gasteiger charge is 2.24. The topological polar surface area (TPSA) is 80.5 Å². The van der Waals surface area contributed by atoms with E-state index >= 15 is 0 Å². The van der Waals surface area contributed by atoms with E-state index in [0.717, 1.165) is 30.2 Å². The summed E-state index contributed by atoms with van der Waals surface area (Å²) in [6, 6.07) is 3.69. The standard InChI is InChI=1S/C17H22N4O3/c1-11(15-12(2)20-24-13(15)3)17(22)19-14-5-4-6-18-16(14)21-7-9-23-10-8-21/h4-6,11H,7-10H2,1-3H3,(H,19,22). The number of pyridine rings is 1. The molecule has 24 heavy (non-hydrogen) atoms. The molecule has 7 heteroatoms. The SMILES string of the molecule is Cc1noc(C)c1C(C)C(=O)Nc1cccnc1N1CCOCC1. The maximum atomic E-state index is 12.7. The van der Waals surface area contributed by atoms with Gasteiger partial charge in [-0.3, -0.25) is 4.79 Å². The van der Waals surface area contributed by atoms with Gasteiger partial charge in [0.2, 0.25) is 5.91 Å². The average molecular weight is 330 g/mol. The highest BCUT2D eigenvalue weighted by molar-refractivity contribution is 5.98. The zero-order valence-corrected chi connectivity index (χ0v) is 14.2. The van der Waals surface area contributed by atoms with E-state index in [9.17, 15) is 4.79 Å². The van der Waals surface area contributed by atoms with Crippen LogP contribution in [0.2, 0.25) is 0 Å². The van der Waals surface area contributed by atoms with Gasteiger partial charge in [0.15, 0.2) is 5.82 Å². The van der Waals surface area contributed by atoms with E-state index in [1.165, 1.54) is 0 Å². The van der Waals surface area contributed by atoms with Crippen LogP contribution in [0.15, 0.2) is 22.9 Å². The number of nitrogens with zero attached hydrogens (tertiary/aromatic N) is 3. The normalized spacial score (nSPS) is 16.0. The minimum atomic E-state index is -0.353. The van der Waals surface area contributed by atoms with Crippen molar-refractivity contribution < 1.29 is 14.1 Å². The number of aromatic nitrogens is 2. The number of aryl methyl sites for hydroxylation is 2. The first kappa shape index (κ1) is 16.4. The van der Waals surface area contributed by atoms with Crippen LogP contribution in [0.5, 0.6) is 0 Å². The summed E-state index contributed by atoms with van der Waals surface area (Å²) < 4.78 is 10.6. The number of rotatable bonds is 4. The molecular weight excluding hydrogens is 308 g/mol. The molecule has 0 saturated carbocycles. The molecule has 2 aromatic rings. The van der Waals surface area contributed by atoms with Crippen molar-refractivity contribution in [2.45, 2.75) is 26.7 Å². The van der Waals surface area contributed by atoms with E-state index < -0.39 is 0 Å². The molecule has 1 amide bonds. The van der Waals surface area contributed by atoms with Crippen LogP contribution < -0.4 is 10.2 Å². The lowest BCUT2D eigenvalue weighted by molar-refractivity contribution is -0.117. The van der Waals surface area contributed by atoms with E-state index in [0.29, 0.717) is 24.7 Å². The van der Waals surface area contributed by atoms with Crippen LogP contribution in [0.25, 0.3) is 0 Å². The summed E-state index contributed by atoms with van der Waals surface area (Å²) >= 11 is 0. The second-order valence-corrected chi connectivity index (χ2v) is 5.92. The highest BCUT2D eigenvalue weighted by atomic mass is 16.5. The van der Waals surface area contributed by atoms with Gasteiger partial charge in [0.25, 0.3) is 0 Å². The highest BCUT2D eigenvalue weighted by Crippen LogP contribution is 2.27. The molecule has 1 fully saturated rings. The predicted molar refractivity (Wildman–Crippen MR) is 90.3 cm³/mol. The van der Waals surface area contributed by atoms with Crippen LogP contribution in [0.4, 0.5) is 11.5 Å². The number of carbonyl (C=O) groups is 1. The molecule has 3 rings (SSSR count). The maximum Gasteiger partial charge on any atom is 0.231 e. The van der Waals surface area contributed by atoms with Gasteiger partial charge >= 0.3 is 0 Å². The Bertz CT molecular complexity index is 703. The molecule has 0 aliphatic carbocycles. The molecule has 3 heterocycles. The largest absolute Gasteiger partial charge is 0.378 e. The lowest BCUT2D eigenvalue weighted by atomic mass is 9.98. The van der Waals surface area contributed by atoms with Crippen LogP contribution >= 0.6 is 0 Å². The van der Waals surface area contributed by atoms with Crippen molar-refractivity contribution in [1.82, 2.24) is 10.1 Å². The lowest BCUT2D eigenvalue weighted by Crippen LogP contribution is -2.37. The number of nitrogens with one attached hydrogen (secondary N) is 1. The van der Waals surface area contributed by atoms with Gasteiger partial charge in [0, 0.05) is 24.8 Å². The third-order valence-electron chi connectivity index (χ3n) is 4.27. The molecule has 1 unspecified atom stereocenters. The molecule has 1 aliphatic heterocycles. The molecule has 2 aromatic heterocycles. The minimum Gasteiger partial charge on any atom is -0.378 e. The van der Waals surface area contributed by atoms with Crippen molar-refractivity contribution in [2.24, 2.45) is 0 Å². The van der Waals surface area contributed by atoms with Crippen LogP contribution in [-0.4, -0.2) is 42.4 Å². The predicted octanol–water partition coefficient (Wildman–Crippen LogP) is 2.27. The van der Waals surface area contributed by atoms with Crippen LogP contribution in [-0.2, 0) is 9.53 Å². The van der Waals surface area contributed by atoms with Crippen molar-refractivity contribution in [3.63, 3.8) is 0 Å². The quantitative estimate of drug-likeness (QED) is 0.926. The van der Waals surface area contributed by atoms with E-state index in [-0.39, 0.29) is 11.8 Å². The Morgan fingerprint density at radius 3 is 2.75 bits per heavy atom. The van der Waals surface area contributed by atoms with Crippen LogP contribution in [0.1, 0.15) is 29.9 Å². The smallest absolute Gasteiger partial charge is 0.231 e. The van der Waals surface area contributed by atoms with E-state index in [1.807, 2.05) is 32.9 Å². The molecule has 7 nitrogen and oxygen atoms in total. The summed E-state index contributed by atoms with van der Waals surface area (Å²) in [5, 5.41) is 6.93. The Morgan fingerprint density at radius 2 is 2.08 bits per heavy atom. The summed E-state index contributed by atoms with van der Waals surface area (Å²) in [7, 11) is 0. The Morgan fingerprint density at radius 1 is 1.33 bits per heavy atom. The van der Waals surface area contributed by atoms with Gasteiger partial charge in [0.1, 0.15) is 5.76 Å². The number of hydrogen-bond acceptors (Lipinski definition) is 6. The first-order chi connectivity index (χ1) is 11.6. The fourth-order valence-corrected chi connectivity index (χ4v) is 3.00. The third-order valence-corrected chi connectivity index (χ3v) is 4.27. The second-order valence-electron chi connectivity index (χ2n) is 5.92. The molecule has 0 bridgehead atoms. The number of ether oxygens (including phenoxy) is 1. The van der Waals surface area contributed by atoms with Gasteiger partial charge < -0.3 is 19.5 Å². The first-order valence-electron chi connectivity index (χ1n) is 8.09. The summed E-state index contributed by atoms with van der Waals surface area (Å²) in [5.74, 6) is 0.996. The summed E-state index contributed by atoms with van der Waals surface area (Å²) in [4.78, 5) is 19.3. The molecule has 1 saturated heterocycles. The van der Waals surface area contributed by atoms with Gasteiger partial charge in [-0.15, -0.1) is 0 Å². The van der Waals surface area contributed by atoms with Gasteiger partial charge in [-0.1, -0.05) is 5.16 Å². The van der Waals surface area contributed by atoms with Crippen molar-refractivity contribution in [2.75, 3.05) is 36.5 Å². The molecule has 1 N–H and O–H groups in total. The average Bonchev–Trinajstić information content (AvgIpc) is 2.94.